The van der Waals surface area contributed by atoms with Crippen molar-refractivity contribution in [1.82, 2.24) is 15.1 Å². The van der Waals surface area contributed by atoms with Crippen LogP contribution in [-0.2, 0) is 0 Å². The van der Waals surface area contributed by atoms with E-state index in [9.17, 15) is 0 Å². The third-order valence-electron chi connectivity index (χ3n) is 4.85. The lowest BCUT2D eigenvalue weighted by Gasteiger charge is -2.29. The van der Waals surface area contributed by atoms with Gasteiger partial charge in [-0.1, -0.05) is 23.8 Å². The molecule has 1 N–H and O–H groups in total. The summed E-state index contributed by atoms with van der Waals surface area (Å²) in [5.41, 5.74) is 4.16. The van der Waals surface area contributed by atoms with Crippen molar-refractivity contribution in [3.05, 3.63) is 34.9 Å². The third kappa shape index (κ3) is 4.29. The summed E-state index contributed by atoms with van der Waals surface area (Å²) < 4.78 is 0. The molecule has 118 valence electrons. The van der Waals surface area contributed by atoms with Gasteiger partial charge in [0, 0.05) is 25.2 Å². The molecule has 2 rings (SSSR count). The van der Waals surface area contributed by atoms with Crippen molar-refractivity contribution in [2.24, 2.45) is 0 Å². The average Bonchev–Trinajstić information content (AvgIpc) is 2.84. The molecule has 2 unspecified atom stereocenters. The van der Waals surface area contributed by atoms with Gasteiger partial charge in [0.15, 0.2) is 0 Å². The van der Waals surface area contributed by atoms with Gasteiger partial charge in [0.25, 0.3) is 0 Å². The smallest absolute Gasteiger partial charge is 0.0449 e. The second-order valence-corrected chi connectivity index (χ2v) is 6.70. The van der Waals surface area contributed by atoms with Crippen LogP contribution in [0.15, 0.2) is 18.2 Å². The fourth-order valence-corrected chi connectivity index (χ4v) is 3.44. The van der Waals surface area contributed by atoms with Crippen LogP contribution in [0.4, 0.5) is 0 Å². The van der Waals surface area contributed by atoms with E-state index >= 15 is 0 Å². The molecule has 3 heteroatoms. The summed E-state index contributed by atoms with van der Waals surface area (Å²) in [5.74, 6) is 0. The van der Waals surface area contributed by atoms with Crippen molar-refractivity contribution < 1.29 is 0 Å². The average molecular weight is 289 g/mol. The standard InChI is InChI=1S/C18H31N3/c1-14-8-9-15(2)17(11-14)18(19-3)13-20(4)12-16-7-6-10-21(16)5/h8-9,11,16,18-19H,6-7,10,12-13H2,1-5H3. The molecular formula is C18H31N3. The Kier molecular flexibility index (Phi) is 5.80. The molecule has 0 aliphatic carbocycles. The van der Waals surface area contributed by atoms with Gasteiger partial charge < -0.3 is 15.1 Å². The van der Waals surface area contributed by atoms with Crippen LogP contribution in [0.1, 0.15) is 35.6 Å². The lowest BCUT2D eigenvalue weighted by atomic mass is 9.98. The topological polar surface area (TPSA) is 18.5 Å². The van der Waals surface area contributed by atoms with Crippen molar-refractivity contribution in [1.29, 1.82) is 0 Å². The van der Waals surface area contributed by atoms with Crippen LogP contribution >= 0.6 is 0 Å². The Bertz CT molecular complexity index is 458. The Morgan fingerprint density at radius 3 is 2.76 bits per heavy atom. The van der Waals surface area contributed by atoms with Crippen LogP contribution in [0.25, 0.3) is 0 Å². The Morgan fingerprint density at radius 1 is 1.38 bits per heavy atom. The maximum atomic E-state index is 3.50. The first-order chi connectivity index (χ1) is 10.0. The normalized spacial score (nSPS) is 21.1. The molecule has 0 spiro atoms. The van der Waals surface area contributed by atoms with E-state index < -0.39 is 0 Å². The van der Waals surface area contributed by atoms with Crippen LogP contribution < -0.4 is 5.32 Å². The zero-order valence-electron chi connectivity index (χ0n) is 14.3. The summed E-state index contributed by atoms with van der Waals surface area (Å²) in [6, 6.07) is 7.89. The first-order valence-corrected chi connectivity index (χ1v) is 8.14. The van der Waals surface area contributed by atoms with Gasteiger partial charge in [0.05, 0.1) is 0 Å². The molecule has 1 saturated heterocycles. The molecule has 0 amide bonds. The molecule has 1 aliphatic rings. The van der Waals surface area contributed by atoms with Crippen molar-refractivity contribution >= 4 is 0 Å². The van der Waals surface area contributed by atoms with Gasteiger partial charge >= 0.3 is 0 Å². The minimum atomic E-state index is 0.404. The van der Waals surface area contributed by atoms with Gasteiger partial charge in [-0.2, -0.15) is 0 Å². The van der Waals surface area contributed by atoms with Crippen LogP contribution in [0, 0.1) is 13.8 Å². The van der Waals surface area contributed by atoms with Gasteiger partial charge in [-0.25, -0.2) is 0 Å². The number of rotatable bonds is 6. The predicted molar refractivity (Wildman–Crippen MR) is 90.9 cm³/mol. The van der Waals surface area contributed by atoms with Gasteiger partial charge in [-0.3, -0.25) is 0 Å². The van der Waals surface area contributed by atoms with E-state index in [1.165, 1.54) is 42.6 Å². The molecule has 0 saturated carbocycles. The highest BCUT2D eigenvalue weighted by Gasteiger charge is 2.23. The monoisotopic (exact) mass is 289 g/mol. The number of nitrogens with zero attached hydrogens (tertiary/aromatic N) is 2. The maximum absolute atomic E-state index is 3.50. The van der Waals surface area contributed by atoms with Gasteiger partial charge in [0.1, 0.15) is 0 Å². The summed E-state index contributed by atoms with van der Waals surface area (Å²) in [7, 11) is 6.58. The van der Waals surface area contributed by atoms with Gasteiger partial charge in [-0.05, 0) is 65.5 Å². The zero-order chi connectivity index (χ0) is 15.4. The first-order valence-electron chi connectivity index (χ1n) is 8.14. The van der Waals surface area contributed by atoms with Gasteiger partial charge in [0.2, 0.25) is 0 Å². The fourth-order valence-electron chi connectivity index (χ4n) is 3.44. The number of likely N-dealkylation sites (N-methyl/N-ethyl adjacent to an activating group) is 3. The van der Waals surface area contributed by atoms with Crippen LogP contribution in [0.5, 0.6) is 0 Å². The predicted octanol–water partition coefficient (Wildman–Crippen LogP) is 2.59. The summed E-state index contributed by atoms with van der Waals surface area (Å²) >= 11 is 0. The second-order valence-electron chi connectivity index (χ2n) is 6.70. The molecule has 3 nitrogen and oxygen atoms in total. The number of nitrogens with one attached hydrogen (secondary N) is 1. The fraction of sp³-hybridized carbons (Fsp3) is 0.667. The van der Waals surface area contributed by atoms with Crippen molar-refractivity contribution in [2.75, 3.05) is 40.8 Å². The number of hydrogen-bond donors (Lipinski definition) is 1. The molecule has 0 bridgehead atoms. The van der Waals surface area contributed by atoms with Crippen molar-refractivity contribution in [3.8, 4) is 0 Å². The van der Waals surface area contributed by atoms with Crippen LogP contribution in [0.2, 0.25) is 0 Å². The maximum Gasteiger partial charge on any atom is 0.0449 e. The Hall–Kier alpha value is -0.900. The third-order valence-corrected chi connectivity index (χ3v) is 4.85. The Morgan fingerprint density at radius 2 is 2.14 bits per heavy atom. The Balaban J connectivity index is 1.99. The minimum absolute atomic E-state index is 0.404. The largest absolute Gasteiger partial charge is 0.312 e. The molecule has 1 aromatic carbocycles. The van der Waals surface area contributed by atoms with E-state index in [-0.39, 0.29) is 0 Å². The quantitative estimate of drug-likeness (QED) is 0.868. The van der Waals surface area contributed by atoms with Crippen molar-refractivity contribution in [3.63, 3.8) is 0 Å². The second kappa shape index (κ2) is 7.39. The number of hydrogen-bond acceptors (Lipinski definition) is 3. The summed E-state index contributed by atoms with van der Waals surface area (Å²) in [6.07, 6.45) is 2.69. The zero-order valence-corrected chi connectivity index (χ0v) is 14.3. The summed E-state index contributed by atoms with van der Waals surface area (Å²) in [6.45, 7) is 7.87. The van der Waals surface area contributed by atoms with Crippen molar-refractivity contribution in [2.45, 2.75) is 38.8 Å². The SMILES string of the molecule is CNC(CN(C)CC1CCCN1C)c1cc(C)ccc1C. The van der Waals surface area contributed by atoms with E-state index in [2.05, 4.69) is 68.3 Å². The molecule has 0 aromatic heterocycles. The van der Waals surface area contributed by atoms with E-state index in [0.717, 1.165) is 12.6 Å². The minimum Gasteiger partial charge on any atom is -0.312 e. The van der Waals surface area contributed by atoms with Crippen LogP contribution in [-0.4, -0.2) is 56.6 Å². The van der Waals surface area contributed by atoms with Gasteiger partial charge in [-0.15, -0.1) is 0 Å². The van der Waals surface area contributed by atoms with E-state index in [1.54, 1.807) is 0 Å². The number of aryl methyl sites for hydroxylation is 2. The molecule has 1 aromatic rings. The number of benzene rings is 1. The van der Waals surface area contributed by atoms with E-state index in [1.807, 2.05) is 0 Å². The molecule has 1 fully saturated rings. The number of likely N-dealkylation sites (tertiary alicyclic amines) is 1. The van der Waals surface area contributed by atoms with E-state index in [4.69, 9.17) is 0 Å². The molecule has 1 heterocycles. The highest BCUT2D eigenvalue weighted by atomic mass is 15.2. The molecule has 21 heavy (non-hydrogen) atoms. The lowest BCUT2D eigenvalue weighted by Crippen LogP contribution is -2.40. The van der Waals surface area contributed by atoms with E-state index in [0.29, 0.717) is 6.04 Å². The molecule has 0 radical (unpaired) electrons. The summed E-state index contributed by atoms with van der Waals surface area (Å²) in [5, 5.41) is 3.50. The van der Waals surface area contributed by atoms with Crippen LogP contribution in [0.3, 0.4) is 0 Å². The molecule has 1 aliphatic heterocycles. The highest BCUT2D eigenvalue weighted by Crippen LogP contribution is 2.21. The molecule has 2 atom stereocenters. The lowest BCUT2D eigenvalue weighted by molar-refractivity contribution is 0.208. The Labute approximate surface area is 130 Å². The first kappa shape index (κ1) is 16.5. The molecular weight excluding hydrogens is 258 g/mol. The highest BCUT2D eigenvalue weighted by molar-refractivity contribution is 5.33. The summed E-state index contributed by atoms with van der Waals surface area (Å²) in [4.78, 5) is 4.98.